The molecule has 5 heteroatoms. The molecule has 0 unspecified atom stereocenters. The number of nitrogens with one attached hydrogen (secondary N) is 1. The van der Waals surface area contributed by atoms with E-state index in [0.717, 1.165) is 12.1 Å². The van der Waals surface area contributed by atoms with Crippen molar-refractivity contribution in [3.05, 3.63) is 53.8 Å². The Bertz CT molecular complexity index is 599. The van der Waals surface area contributed by atoms with Crippen LogP contribution in [0.1, 0.15) is 10.4 Å². The van der Waals surface area contributed by atoms with Crippen molar-refractivity contribution in [1.82, 2.24) is 0 Å². The Morgan fingerprint density at radius 2 is 1.78 bits per heavy atom. The maximum Gasteiger partial charge on any atom is 0.259 e. The van der Waals surface area contributed by atoms with E-state index in [1.807, 2.05) is 0 Å². The highest BCUT2D eigenvalue weighted by molar-refractivity contribution is 6.06. The van der Waals surface area contributed by atoms with Gasteiger partial charge in [-0.2, -0.15) is 0 Å². The zero-order valence-electron chi connectivity index (χ0n) is 9.22. The molecule has 2 aromatic rings. The van der Waals surface area contributed by atoms with Gasteiger partial charge in [-0.1, -0.05) is 12.1 Å². The predicted molar refractivity (Wildman–Crippen MR) is 64.1 cm³/mol. The molecule has 0 saturated carbocycles. The molecule has 0 aromatic heterocycles. The lowest BCUT2D eigenvalue weighted by Crippen LogP contribution is -2.12. The normalized spacial score (nSPS) is 10.1. The monoisotopic (exact) mass is 247 g/mol. The van der Waals surface area contributed by atoms with Crippen LogP contribution >= 0.6 is 0 Å². The Balaban J connectivity index is 2.22. The fourth-order valence-electron chi connectivity index (χ4n) is 1.45. The maximum atomic E-state index is 13.1. The molecule has 18 heavy (non-hydrogen) atoms. The molecule has 2 rings (SSSR count). The lowest BCUT2D eigenvalue weighted by Gasteiger charge is -2.07. The van der Waals surface area contributed by atoms with Crippen LogP contribution in [0.3, 0.4) is 0 Å². The average molecular weight is 247 g/mol. The second-order valence-electron chi connectivity index (χ2n) is 3.64. The molecule has 0 atom stereocenters. The van der Waals surface area contributed by atoms with Crippen molar-refractivity contribution in [2.24, 2.45) is 0 Å². The molecule has 92 valence electrons. The van der Waals surface area contributed by atoms with E-state index in [4.69, 9.17) is 5.11 Å². The van der Waals surface area contributed by atoms with Crippen molar-refractivity contribution in [3.63, 3.8) is 0 Å². The molecular formula is C13H10FNO3. The Morgan fingerprint density at radius 1 is 1.06 bits per heavy atom. The third kappa shape index (κ3) is 2.40. The summed E-state index contributed by atoms with van der Waals surface area (Å²) >= 11 is 0. The summed E-state index contributed by atoms with van der Waals surface area (Å²) in [7, 11) is 0. The van der Waals surface area contributed by atoms with Gasteiger partial charge in [0.25, 0.3) is 5.91 Å². The molecule has 1 amide bonds. The molecule has 0 heterocycles. The van der Waals surface area contributed by atoms with Gasteiger partial charge in [-0.15, -0.1) is 0 Å². The van der Waals surface area contributed by atoms with E-state index in [1.165, 1.54) is 18.2 Å². The number of hydrogen-bond acceptors (Lipinski definition) is 3. The number of aromatic hydroxyl groups is 2. The summed E-state index contributed by atoms with van der Waals surface area (Å²) in [6, 6.07) is 9.51. The minimum atomic E-state index is -0.829. The molecule has 4 nitrogen and oxygen atoms in total. The predicted octanol–water partition coefficient (Wildman–Crippen LogP) is 2.49. The number of phenolic OH excluding ortho intramolecular Hbond substituents is 2. The zero-order chi connectivity index (χ0) is 13.1. The van der Waals surface area contributed by atoms with Crippen LogP contribution in [0.5, 0.6) is 11.5 Å². The standard InChI is InChI=1S/C13H10FNO3/c14-10-7-8(5-6-12(10)17)15-13(18)9-3-1-2-4-11(9)16/h1-7,16-17H,(H,15,18). The second-order valence-corrected chi connectivity index (χ2v) is 3.64. The first-order valence-corrected chi connectivity index (χ1v) is 5.16. The molecule has 3 N–H and O–H groups in total. The third-order valence-corrected chi connectivity index (χ3v) is 2.35. The fourth-order valence-corrected chi connectivity index (χ4v) is 1.45. The molecule has 0 saturated heterocycles. The van der Waals surface area contributed by atoms with E-state index in [2.05, 4.69) is 5.32 Å². The molecular weight excluding hydrogens is 237 g/mol. The summed E-state index contributed by atoms with van der Waals surface area (Å²) in [6.07, 6.45) is 0. The van der Waals surface area contributed by atoms with E-state index >= 15 is 0 Å². The van der Waals surface area contributed by atoms with E-state index in [-0.39, 0.29) is 17.0 Å². The maximum absolute atomic E-state index is 13.1. The summed E-state index contributed by atoms with van der Waals surface area (Å²) in [4.78, 5) is 11.8. The van der Waals surface area contributed by atoms with Crippen LogP contribution < -0.4 is 5.32 Å². The van der Waals surface area contributed by atoms with Gasteiger partial charge in [-0.3, -0.25) is 4.79 Å². The molecule has 0 radical (unpaired) electrons. The van der Waals surface area contributed by atoms with Crippen LogP contribution in [0.4, 0.5) is 10.1 Å². The van der Waals surface area contributed by atoms with Crippen LogP contribution in [0, 0.1) is 5.82 Å². The number of halogens is 1. The van der Waals surface area contributed by atoms with Crippen molar-refractivity contribution in [2.45, 2.75) is 0 Å². The first-order chi connectivity index (χ1) is 8.58. The fraction of sp³-hybridized carbons (Fsp3) is 0. The smallest absolute Gasteiger partial charge is 0.259 e. The Hall–Kier alpha value is -2.56. The van der Waals surface area contributed by atoms with Gasteiger partial charge in [0.05, 0.1) is 5.56 Å². The summed E-state index contributed by atoms with van der Waals surface area (Å²) in [5.74, 6) is -2.03. The van der Waals surface area contributed by atoms with E-state index in [0.29, 0.717) is 0 Å². The second kappa shape index (κ2) is 4.75. The highest BCUT2D eigenvalue weighted by Crippen LogP contribution is 2.21. The van der Waals surface area contributed by atoms with Gasteiger partial charge in [-0.05, 0) is 24.3 Å². The van der Waals surface area contributed by atoms with Crippen LogP contribution in [-0.2, 0) is 0 Å². The Labute approximate surface area is 102 Å². The number of carbonyl (C=O) groups is 1. The topological polar surface area (TPSA) is 69.6 Å². The molecule has 0 aliphatic rings. The molecule has 2 aromatic carbocycles. The highest BCUT2D eigenvalue weighted by Gasteiger charge is 2.11. The van der Waals surface area contributed by atoms with Crippen molar-refractivity contribution >= 4 is 11.6 Å². The van der Waals surface area contributed by atoms with Crippen molar-refractivity contribution in [1.29, 1.82) is 0 Å². The Kier molecular flexibility index (Phi) is 3.14. The largest absolute Gasteiger partial charge is 0.507 e. The Morgan fingerprint density at radius 3 is 2.44 bits per heavy atom. The van der Waals surface area contributed by atoms with Crippen LogP contribution in [0.2, 0.25) is 0 Å². The number of rotatable bonds is 2. The number of amides is 1. The molecule has 0 spiro atoms. The lowest BCUT2D eigenvalue weighted by molar-refractivity contribution is 0.102. The minimum absolute atomic E-state index is 0.0889. The van der Waals surface area contributed by atoms with Gasteiger partial charge in [0.15, 0.2) is 11.6 Å². The summed E-state index contributed by atoms with van der Waals surface area (Å²) in [6.45, 7) is 0. The third-order valence-electron chi connectivity index (χ3n) is 2.35. The van der Waals surface area contributed by atoms with Gasteiger partial charge in [-0.25, -0.2) is 4.39 Å². The number of benzene rings is 2. The summed E-state index contributed by atoms with van der Waals surface area (Å²) < 4.78 is 13.1. The van der Waals surface area contributed by atoms with Gasteiger partial charge < -0.3 is 15.5 Å². The van der Waals surface area contributed by atoms with Gasteiger partial charge >= 0.3 is 0 Å². The SMILES string of the molecule is O=C(Nc1ccc(O)c(F)c1)c1ccccc1O. The number of anilines is 1. The van der Waals surface area contributed by atoms with E-state index in [1.54, 1.807) is 12.1 Å². The number of phenols is 2. The lowest BCUT2D eigenvalue weighted by atomic mass is 10.2. The molecule has 0 aliphatic carbocycles. The van der Waals surface area contributed by atoms with Gasteiger partial charge in [0.2, 0.25) is 0 Å². The van der Waals surface area contributed by atoms with E-state index in [9.17, 15) is 14.3 Å². The average Bonchev–Trinajstić information content (AvgIpc) is 2.34. The van der Waals surface area contributed by atoms with Crippen LogP contribution in [0.25, 0.3) is 0 Å². The first-order valence-electron chi connectivity index (χ1n) is 5.16. The van der Waals surface area contributed by atoms with Crippen molar-refractivity contribution in [3.8, 4) is 11.5 Å². The highest BCUT2D eigenvalue weighted by atomic mass is 19.1. The molecule has 0 fully saturated rings. The van der Waals surface area contributed by atoms with Gasteiger partial charge in [0, 0.05) is 11.8 Å². The molecule has 0 bridgehead atoms. The van der Waals surface area contributed by atoms with Crippen molar-refractivity contribution < 1.29 is 19.4 Å². The van der Waals surface area contributed by atoms with Crippen LogP contribution in [-0.4, -0.2) is 16.1 Å². The van der Waals surface area contributed by atoms with Crippen LogP contribution in [0.15, 0.2) is 42.5 Å². The van der Waals surface area contributed by atoms with Gasteiger partial charge in [0.1, 0.15) is 5.75 Å². The summed E-state index contributed by atoms with van der Waals surface area (Å²) in [5, 5.41) is 20.9. The minimum Gasteiger partial charge on any atom is -0.507 e. The van der Waals surface area contributed by atoms with E-state index < -0.39 is 17.5 Å². The zero-order valence-corrected chi connectivity index (χ0v) is 9.22. The quantitative estimate of drug-likeness (QED) is 0.714. The summed E-state index contributed by atoms with van der Waals surface area (Å²) in [5.41, 5.74) is 0.282. The number of para-hydroxylation sites is 1. The number of hydrogen-bond donors (Lipinski definition) is 3. The molecule has 0 aliphatic heterocycles. The first kappa shape index (κ1) is 11.9. The van der Waals surface area contributed by atoms with Crippen molar-refractivity contribution in [2.75, 3.05) is 5.32 Å². The number of carbonyl (C=O) groups excluding carboxylic acids is 1.